The van der Waals surface area contributed by atoms with E-state index in [0.717, 1.165) is 25.7 Å². The highest BCUT2D eigenvalue weighted by molar-refractivity contribution is 6.33. The number of nitrogens with one attached hydrogen (secondary N) is 3. The van der Waals surface area contributed by atoms with Crippen LogP contribution in [0.5, 0.6) is 0 Å². The van der Waals surface area contributed by atoms with Crippen molar-refractivity contribution in [3.8, 4) is 0 Å². The molecule has 0 atom stereocenters. The molecule has 0 aromatic heterocycles. The number of carbonyl (C=O) groups excluding carboxylic acids is 2. The van der Waals surface area contributed by atoms with Crippen LogP contribution in [0.2, 0.25) is 5.02 Å². The zero-order valence-electron chi connectivity index (χ0n) is 11.3. The average molecular weight is 296 g/mol. The Hall–Kier alpha value is -1.75. The molecule has 1 aromatic rings. The van der Waals surface area contributed by atoms with Crippen molar-refractivity contribution >= 4 is 29.2 Å². The van der Waals surface area contributed by atoms with Crippen molar-refractivity contribution in [1.82, 2.24) is 10.6 Å². The van der Waals surface area contributed by atoms with Gasteiger partial charge in [0.05, 0.1) is 10.7 Å². The number of benzene rings is 1. The fourth-order valence-electron chi connectivity index (χ4n) is 2.32. The molecule has 1 aliphatic rings. The number of carbonyl (C=O) groups is 2. The second kappa shape index (κ2) is 6.61. The molecule has 2 rings (SSSR count). The van der Waals surface area contributed by atoms with Gasteiger partial charge in [-0.05, 0) is 31.0 Å². The summed E-state index contributed by atoms with van der Waals surface area (Å²) in [5.74, 6) is -0.221. The summed E-state index contributed by atoms with van der Waals surface area (Å²) in [6, 6.07) is 4.72. The quantitative estimate of drug-likeness (QED) is 0.802. The fraction of sp³-hybridized carbons (Fsp3) is 0.429. The topological polar surface area (TPSA) is 70.2 Å². The summed E-state index contributed by atoms with van der Waals surface area (Å²) in [4.78, 5) is 23.4. The third-order valence-electron chi connectivity index (χ3n) is 3.39. The third-order valence-corrected chi connectivity index (χ3v) is 3.72. The molecule has 0 heterocycles. The van der Waals surface area contributed by atoms with Crippen LogP contribution in [-0.2, 0) is 0 Å². The lowest BCUT2D eigenvalue weighted by Crippen LogP contribution is -2.36. The molecule has 0 bridgehead atoms. The minimum Gasteiger partial charge on any atom is -0.355 e. The smallest absolute Gasteiger partial charge is 0.319 e. The van der Waals surface area contributed by atoms with Crippen LogP contribution in [0.4, 0.5) is 10.5 Å². The van der Waals surface area contributed by atoms with Crippen LogP contribution in [0.25, 0.3) is 0 Å². The van der Waals surface area contributed by atoms with Crippen molar-refractivity contribution in [2.45, 2.75) is 31.7 Å². The Bertz CT molecular complexity index is 513. The number of halogens is 1. The second-order valence-electron chi connectivity index (χ2n) is 4.85. The number of urea groups is 1. The minimum absolute atomic E-state index is 0.221. The first kappa shape index (κ1) is 14.7. The average Bonchev–Trinajstić information content (AvgIpc) is 2.93. The zero-order chi connectivity index (χ0) is 14.5. The summed E-state index contributed by atoms with van der Waals surface area (Å²) in [5, 5.41) is 8.53. The van der Waals surface area contributed by atoms with E-state index in [0.29, 0.717) is 16.3 Å². The molecule has 108 valence electrons. The maximum absolute atomic E-state index is 11.9. The van der Waals surface area contributed by atoms with Gasteiger partial charge in [-0.2, -0.15) is 0 Å². The van der Waals surface area contributed by atoms with Crippen molar-refractivity contribution < 1.29 is 9.59 Å². The maximum Gasteiger partial charge on any atom is 0.319 e. The van der Waals surface area contributed by atoms with Gasteiger partial charge in [0.1, 0.15) is 0 Å². The van der Waals surface area contributed by atoms with Crippen molar-refractivity contribution in [1.29, 1.82) is 0 Å². The minimum atomic E-state index is -0.284. The molecule has 3 N–H and O–H groups in total. The highest BCUT2D eigenvalue weighted by atomic mass is 35.5. The van der Waals surface area contributed by atoms with Crippen LogP contribution in [0.3, 0.4) is 0 Å². The summed E-state index contributed by atoms with van der Waals surface area (Å²) in [7, 11) is 1.55. The molecule has 0 saturated heterocycles. The lowest BCUT2D eigenvalue weighted by molar-refractivity contribution is 0.0963. The van der Waals surface area contributed by atoms with Crippen LogP contribution in [0.1, 0.15) is 36.0 Å². The normalized spacial score (nSPS) is 14.9. The third kappa shape index (κ3) is 3.63. The summed E-state index contributed by atoms with van der Waals surface area (Å²) in [5.41, 5.74) is 0.885. The van der Waals surface area contributed by atoms with Gasteiger partial charge in [0.2, 0.25) is 0 Å². The Morgan fingerprint density at radius 3 is 2.60 bits per heavy atom. The maximum atomic E-state index is 11.9. The first-order chi connectivity index (χ1) is 9.60. The zero-order valence-corrected chi connectivity index (χ0v) is 12.1. The van der Waals surface area contributed by atoms with Gasteiger partial charge in [-0.3, -0.25) is 4.79 Å². The summed E-state index contributed by atoms with van der Waals surface area (Å²) in [6.45, 7) is 0. The highest BCUT2D eigenvalue weighted by Gasteiger charge is 2.17. The molecule has 0 aliphatic heterocycles. The van der Waals surface area contributed by atoms with Crippen molar-refractivity contribution in [3.63, 3.8) is 0 Å². The van der Waals surface area contributed by atoms with Gasteiger partial charge in [0.25, 0.3) is 5.91 Å². The Balaban J connectivity index is 2.03. The number of rotatable bonds is 3. The standard InChI is InChI=1S/C14H18ClN3O2/c1-16-13(19)9-6-7-11(15)12(8-9)18-14(20)17-10-4-2-3-5-10/h6-8,10H,2-5H2,1H3,(H,16,19)(H2,17,18,20). The van der Waals surface area contributed by atoms with Crippen molar-refractivity contribution in [2.75, 3.05) is 12.4 Å². The van der Waals surface area contributed by atoms with Crippen LogP contribution in [0.15, 0.2) is 18.2 Å². The molecule has 1 aromatic carbocycles. The molecule has 6 heteroatoms. The second-order valence-corrected chi connectivity index (χ2v) is 5.26. The van der Waals surface area contributed by atoms with E-state index in [2.05, 4.69) is 16.0 Å². The largest absolute Gasteiger partial charge is 0.355 e. The van der Waals surface area contributed by atoms with E-state index in [1.54, 1.807) is 25.2 Å². The highest BCUT2D eigenvalue weighted by Crippen LogP contribution is 2.23. The molecule has 3 amide bonds. The molecule has 0 unspecified atom stereocenters. The van der Waals surface area contributed by atoms with E-state index in [9.17, 15) is 9.59 Å². The Morgan fingerprint density at radius 1 is 1.25 bits per heavy atom. The molecule has 0 radical (unpaired) electrons. The molecule has 1 aliphatic carbocycles. The van der Waals surface area contributed by atoms with Gasteiger partial charge in [-0.25, -0.2) is 4.79 Å². The van der Waals surface area contributed by atoms with Gasteiger partial charge in [-0.1, -0.05) is 24.4 Å². The predicted molar refractivity (Wildman–Crippen MR) is 79.3 cm³/mol. The van der Waals surface area contributed by atoms with E-state index >= 15 is 0 Å². The first-order valence-corrected chi connectivity index (χ1v) is 7.07. The summed E-state index contributed by atoms with van der Waals surface area (Å²) in [6.07, 6.45) is 4.33. The van der Waals surface area contributed by atoms with E-state index in [1.165, 1.54) is 0 Å². The van der Waals surface area contributed by atoms with E-state index < -0.39 is 0 Å². The van der Waals surface area contributed by atoms with Gasteiger partial charge in [0.15, 0.2) is 0 Å². The van der Waals surface area contributed by atoms with Crippen LogP contribution < -0.4 is 16.0 Å². The van der Waals surface area contributed by atoms with Gasteiger partial charge < -0.3 is 16.0 Å². The predicted octanol–water partition coefficient (Wildman–Crippen LogP) is 2.76. The van der Waals surface area contributed by atoms with E-state index in [4.69, 9.17) is 11.6 Å². The molecule has 5 nitrogen and oxygen atoms in total. The Morgan fingerprint density at radius 2 is 1.95 bits per heavy atom. The van der Waals surface area contributed by atoms with Crippen LogP contribution in [-0.4, -0.2) is 25.0 Å². The number of anilines is 1. The van der Waals surface area contributed by atoms with Gasteiger partial charge in [0, 0.05) is 18.7 Å². The van der Waals surface area contributed by atoms with Crippen LogP contribution >= 0.6 is 11.6 Å². The van der Waals surface area contributed by atoms with E-state index in [1.807, 2.05) is 0 Å². The number of amides is 3. The Kier molecular flexibility index (Phi) is 4.84. The number of hydrogen-bond donors (Lipinski definition) is 3. The van der Waals surface area contributed by atoms with Crippen molar-refractivity contribution in [2.24, 2.45) is 0 Å². The number of hydrogen-bond acceptors (Lipinski definition) is 2. The lowest BCUT2D eigenvalue weighted by Gasteiger charge is -2.14. The van der Waals surface area contributed by atoms with Crippen LogP contribution in [0, 0.1) is 0 Å². The van der Waals surface area contributed by atoms with Gasteiger partial charge in [-0.15, -0.1) is 0 Å². The monoisotopic (exact) mass is 295 g/mol. The molecule has 1 saturated carbocycles. The SMILES string of the molecule is CNC(=O)c1ccc(Cl)c(NC(=O)NC2CCCC2)c1. The lowest BCUT2D eigenvalue weighted by atomic mass is 10.2. The summed E-state index contributed by atoms with van der Waals surface area (Å²) >= 11 is 6.03. The van der Waals surface area contributed by atoms with E-state index in [-0.39, 0.29) is 18.0 Å². The summed E-state index contributed by atoms with van der Waals surface area (Å²) < 4.78 is 0. The molecule has 0 spiro atoms. The first-order valence-electron chi connectivity index (χ1n) is 6.69. The molecule has 1 fully saturated rings. The molecular formula is C14H18ClN3O2. The molecular weight excluding hydrogens is 278 g/mol. The van der Waals surface area contributed by atoms with Crippen molar-refractivity contribution in [3.05, 3.63) is 28.8 Å². The molecule has 20 heavy (non-hydrogen) atoms. The Labute approximate surface area is 123 Å². The fourth-order valence-corrected chi connectivity index (χ4v) is 2.49. The van der Waals surface area contributed by atoms with Gasteiger partial charge >= 0.3 is 6.03 Å².